The third kappa shape index (κ3) is 6.08. The molecule has 0 atom stereocenters. The Kier molecular flexibility index (Phi) is 9.36. The number of ether oxygens (including phenoxy) is 2. The lowest BCUT2D eigenvalue weighted by Crippen LogP contribution is -2.27. The summed E-state index contributed by atoms with van der Waals surface area (Å²) in [6.45, 7) is 8.12. The molecule has 0 saturated carbocycles. The average Bonchev–Trinajstić information content (AvgIpc) is 2.72. The van der Waals surface area contributed by atoms with Crippen LogP contribution in [-0.2, 0) is 11.3 Å². The van der Waals surface area contributed by atoms with Gasteiger partial charge in [-0.15, -0.1) is 0 Å². The Hall–Kier alpha value is -2.35. The lowest BCUT2D eigenvalue weighted by Gasteiger charge is -2.16. The lowest BCUT2D eigenvalue weighted by molar-refractivity contribution is -0.130. The molecule has 1 N–H and O–H groups in total. The molecule has 0 unspecified atom stereocenters. The van der Waals surface area contributed by atoms with Crippen molar-refractivity contribution < 1.29 is 14.3 Å². The first-order chi connectivity index (χ1) is 14.4. The van der Waals surface area contributed by atoms with Gasteiger partial charge in [-0.2, -0.15) is 0 Å². The molecule has 0 saturated heterocycles. The van der Waals surface area contributed by atoms with Gasteiger partial charge in [0.25, 0.3) is 5.56 Å². The molecule has 2 rings (SSSR count). The van der Waals surface area contributed by atoms with Crippen LogP contribution in [0.25, 0.3) is 10.9 Å². The number of hydrogen-bond donors (Lipinski definition) is 1. The van der Waals surface area contributed by atoms with Crippen LogP contribution >= 0.6 is 12.2 Å². The number of benzene rings is 1. The Morgan fingerprint density at radius 2 is 1.77 bits per heavy atom. The molecule has 30 heavy (non-hydrogen) atoms. The van der Waals surface area contributed by atoms with Crippen LogP contribution in [0, 0.1) is 4.77 Å². The van der Waals surface area contributed by atoms with Crippen molar-refractivity contribution in [3.05, 3.63) is 27.3 Å². The van der Waals surface area contributed by atoms with Crippen molar-refractivity contribution in [1.29, 1.82) is 0 Å². The summed E-state index contributed by atoms with van der Waals surface area (Å²) in [5.74, 6) is 1.27. The van der Waals surface area contributed by atoms with E-state index < -0.39 is 0 Å². The zero-order valence-corrected chi connectivity index (χ0v) is 19.3. The summed E-state index contributed by atoms with van der Waals surface area (Å²) in [5, 5.41) is 0.505. The maximum Gasteiger partial charge on any atom is 0.262 e. The number of nitrogens with one attached hydrogen (secondary N) is 1. The predicted octanol–water partition coefficient (Wildman–Crippen LogP) is 4.29. The highest BCUT2D eigenvalue weighted by molar-refractivity contribution is 7.71. The average molecular weight is 436 g/mol. The normalized spacial score (nSPS) is 10.9. The maximum absolute atomic E-state index is 13.0. The van der Waals surface area contributed by atoms with Gasteiger partial charge in [0.2, 0.25) is 5.91 Å². The van der Waals surface area contributed by atoms with Gasteiger partial charge in [-0.1, -0.05) is 13.3 Å². The second-order valence-electron chi connectivity index (χ2n) is 7.22. The molecule has 1 aromatic heterocycles. The number of aromatic nitrogens is 2. The molecule has 7 nitrogen and oxygen atoms in total. The zero-order chi connectivity index (χ0) is 22.1. The number of H-pyrrole nitrogens is 1. The molecule has 166 valence electrons. The molecule has 0 aliphatic carbocycles. The Morgan fingerprint density at radius 1 is 1.10 bits per heavy atom. The number of hydrogen-bond acceptors (Lipinski definition) is 5. The van der Waals surface area contributed by atoms with E-state index in [1.807, 2.05) is 20.9 Å². The SMILES string of the molecule is CCCCN(C)C(=O)CCCCn1c(=S)[nH]c2cc(OCC)c(OCC)cc2c1=O. The molecule has 2 aromatic rings. The largest absolute Gasteiger partial charge is 0.490 e. The Labute approximate surface area is 183 Å². The zero-order valence-electron chi connectivity index (χ0n) is 18.5. The molecule has 0 bridgehead atoms. The molecule has 0 fully saturated rings. The standard InChI is InChI=1S/C22H33N3O4S/c1-5-8-12-24(4)20(26)11-9-10-13-25-21(27)16-14-18(28-6-2)19(29-7-3)15-17(16)23-22(25)30/h14-15H,5-13H2,1-4H3,(H,23,30). The minimum atomic E-state index is -0.163. The second kappa shape index (κ2) is 11.7. The number of aromatic amines is 1. The van der Waals surface area contributed by atoms with Crippen LogP contribution in [0.3, 0.4) is 0 Å². The van der Waals surface area contributed by atoms with Gasteiger partial charge in [0.05, 0.1) is 24.1 Å². The quantitative estimate of drug-likeness (QED) is 0.398. The molecule has 1 heterocycles. The van der Waals surface area contributed by atoms with Gasteiger partial charge in [-0.25, -0.2) is 0 Å². The summed E-state index contributed by atoms with van der Waals surface area (Å²) >= 11 is 5.41. The highest BCUT2D eigenvalue weighted by Crippen LogP contribution is 2.30. The van der Waals surface area contributed by atoms with E-state index in [0.29, 0.717) is 66.2 Å². The van der Waals surface area contributed by atoms with E-state index >= 15 is 0 Å². The smallest absolute Gasteiger partial charge is 0.262 e. The first-order valence-corrected chi connectivity index (χ1v) is 11.1. The van der Waals surface area contributed by atoms with Crippen LogP contribution in [0.1, 0.15) is 52.9 Å². The number of carbonyl (C=O) groups excluding carboxylic acids is 1. The molecular weight excluding hydrogens is 402 g/mol. The Balaban J connectivity index is 2.14. The highest BCUT2D eigenvalue weighted by atomic mass is 32.1. The number of rotatable bonds is 12. The van der Waals surface area contributed by atoms with E-state index in [9.17, 15) is 9.59 Å². The van der Waals surface area contributed by atoms with E-state index in [1.165, 1.54) is 0 Å². The fourth-order valence-corrected chi connectivity index (χ4v) is 3.54. The minimum Gasteiger partial charge on any atom is -0.490 e. The molecular formula is C22H33N3O4S. The van der Waals surface area contributed by atoms with Crippen LogP contribution in [0.2, 0.25) is 0 Å². The van der Waals surface area contributed by atoms with Crippen LogP contribution in [0.4, 0.5) is 0 Å². The first kappa shape index (κ1) is 23.9. The van der Waals surface area contributed by atoms with Crippen LogP contribution in [0.15, 0.2) is 16.9 Å². The van der Waals surface area contributed by atoms with Crippen molar-refractivity contribution in [3.8, 4) is 11.5 Å². The molecule has 1 amide bonds. The summed E-state index contributed by atoms with van der Waals surface area (Å²) in [6, 6.07) is 3.47. The summed E-state index contributed by atoms with van der Waals surface area (Å²) in [5.41, 5.74) is 0.463. The van der Waals surface area contributed by atoms with Gasteiger partial charge in [0, 0.05) is 32.6 Å². The van der Waals surface area contributed by atoms with Crippen LogP contribution in [0.5, 0.6) is 11.5 Å². The fraction of sp³-hybridized carbons (Fsp3) is 0.591. The maximum atomic E-state index is 13.0. The summed E-state index contributed by atoms with van der Waals surface area (Å²) in [7, 11) is 1.84. The Morgan fingerprint density at radius 3 is 2.40 bits per heavy atom. The molecule has 0 aliphatic rings. The minimum absolute atomic E-state index is 0.143. The van der Waals surface area contributed by atoms with Crippen molar-refractivity contribution in [1.82, 2.24) is 14.5 Å². The molecule has 0 radical (unpaired) electrons. The summed E-state index contributed by atoms with van der Waals surface area (Å²) < 4.78 is 13.2. The molecule has 1 aromatic carbocycles. The number of amides is 1. The highest BCUT2D eigenvalue weighted by Gasteiger charge is 2.13. The molecule has 8 heteroatoms. The topological polar surface area (TPSA) is 76.6 Å². The van der Waals surface area contributed by atoms with Gasteiger partial charge >= 0.3 is 0 Å². The van der Waals surface area contributed by atoms with Crippen LogP contribution < -0.4 is 15.0 Å². The van der Waals surface area contributed by atoms with Crippen molar-refractivity contribution >= 4 is 29.0 Å². The van der Waals surface area contributed by atoms with E-state index in [0.717, 1.165) is 19.4 Å². The van der Waals surface area contributed by atoms with Crippen molar-refractivity contribution in [3.63, 3.8) is 0 Å². The number of fused-ring (bicyclic) bond motifs is 1. The first-order valence-electron chi connectivity index (χ1n) is 10.7. The van der Waals surface area contributed by atoms with E-state index in [1.54, 1.807) is 21.6 Å². The Bertz CT molecular complexity index is 967. The fourth-order valence-electron chi connectivity index (χ4n) is 3.26. The van der Waals surface area contributed by atoms with Crippen molar-refractivity contribution in [2.75, 3.05) is 26.8 Å². The van der Waals surface area contributed by atoms with E-state index in [-0.39, 0.29) is 11.5 Å². The number of nitrogens with zero attached hydrogens (tertiary/aromatic N) is 2. The number of carbonyl (C=O) groups is 1. The second-order valence-corrected chi connectivity index (χ2v) is 7.61. The monoisotopic (exact) mass is 435 g/mol. The summed E-state index contributed by atoms with van der Waals surface area (Å²) in [6.07, 6.45) is 3.97. The van der Waals surface area contributed by atoms with Gasteiger partial charge in [-0.05, 0) is 51.4 Å². The molecule has 0 aliphatic heterocycles. The van der Waals surface area contributed by atoms with E-state index in [4.69, 9.17) is 21.7 Å². The van der Waals surface area contributed by atoms with E-state index in [2.05, 4.69) is 11.9 Å². The third-order valence-electron chi connectivity index (χ3n) is 4.94. The van der Waals surface area contributed by atoms with Crippen molar-refractivity contribution in [2.24, 2.45) is 0 Å². The molecule has 0 spiro atoms. The van der Waals surface area contributed by atoms with Gasteiger partial charge in [0.1, 0.15) is 0 Å². The van der Waals surface area contributed by atoms with Gasteiger partial charge in [0.15, 0.2) is 16.3 Å². The van der Waals surface area contributed by atoms with Crippen molar-refractivity contribution in [2.45, 2.75) is 59.4 Å². The number of unbranched alkanes of at least 4 members (excludes halogenated alkanes) is 2. The predicted molar refractivity (Wildman–Crippen MR) is 122 cm³/mol. The lowest BCUT2D eigenvalue weighted by atomic mass is 10.2. The van der Waals surface area contributed by atoms with Crippen LogP contribution in [-0.4, -0.2) is 47.2 Å². The third-order valence-corrected chi connectivity index (χ3v) is 5.26. The van der Waals surface area contributed by atoms with Gasteiger partial charge < -0.3 is 19.4 Å². The van der Waals surface area contributed by atoms with Gasteiger partial charge in [-0.3, -0.25) is 14.2 Å². The summed E-state index contributed by atoms with van der Waals surface area (Å²) in [4.78, 5) is 30.1.